The molecule has 2 N–H and O–H groups in total. The number of carbonyl (C=O) groups excluding carboxylic acids is 1. The molecule has 5 heteroatoms. The molecule has 0 spiro atoms. The molecule has 0 bridgehead atoms. The number of esters is 1. The van der Waals surface area contributed by atoms with E-state index in [0.717, 1.165) is 24.3 Å². The van der Waals surface area contributed by atoms with Gasteiger partial charge in [0.2, 0.25) is 0 Å². The summed E-state index contributed by atoms with van der Waals surface area (Å²) in [5.41, 5.74) is 4.91. The topological polar surface area (TPSA) is 52.3 Å². The van der Waals surface area contributed by atoms with Gasteiger partial charge in [-0.25, -0.2) is 13.6 Å². The van der Waals surface area contributed by atoms with E-state index in [9.17, 15) is 13.6 Å². The zero-order valence-corrected chi connectivity index (χ0v) is 8.67. The highest BCUT2D eigenvalue weighted by atomic mass is 19.1. The molecule has 1 rings (SSSR count). The first kappa shape index (κ1) is 12.2. The Labute approximate surface area is 91.5 Å². The summed E-state index contributed by atoms with van der Waals surface area (Å²) in [5, 5.41) is 0. The smallest absolute Gasteiger partial charge is 0.330 e. The SMILES string of the molecule is CCOC(=O)/C=C/c1c(F)cc(N)cc1F. The van der Waals surface area contributed by atoms with E-state index in [-0.39, 0.29) is 17.9 Å². The van der Waals surface area contributed by atoms with Crippen molar-refractivity contribution in [2.75, 3.05) is 12.3 Å². The lowest BCUT2D eigenvalue weighted by atomic mass is 10.1. The fourth-order valence-electron chi connectivity index (χ4n) is 1.10. The minimum atomic E-state index is -0.821. The number of carbonyl (C=O) groups is 1. The van der Waals surface area contributed by atoms with Crippen LogP contribution in [0.4, 0.5) is 14.5 Å². The van der Waals surface area contributed by atoms with Gasteiger partial charge in [0.1, 0.15) is 11.6 Å². The van der Waals surface area contributed by atoms with E-state index < -0.39 is 17.6 Å². The van der Waals surface area contributed by atoms with Crippen molar-refractivity contribution in [3.05, 3.63) is 35.4 Å². The summed E-state index contributed by atoms with van der Waals surface area (Å²) in [5.74, 6) is -2.30. The van der Waals surface area contributed by atoms with E-state index in [1.54, 1.807) is 6.92 Å². The van der Waals surface area contributed by atoms with Crippen molar-refractivity contribution in [2.45, 2.75) is 6.92 Å². The number of ether oxygens (including phenoxy) is 1. The van der Waals surface area contributed by atoms with Crippen LogP contribution in [0.5, 0.6) is 0 Å². The molecule has 0 atom stereocenters. The van der Waals surface area contributed by atoms with E-state index in [1.165, 1.54) is 0 Å². The second-order valence-corrected chi connectivity index (χ2v) is 2.98. The van der Waals surface area contributed by atoms with Gasteiger partial charge >= 0.3 is 5.97 Å². The highest BCUT2D eigenvalue weighted by Gasteiger charge is 2.07. The van der Waals surface area contributed by atoms with Crippen molar-refractivity contribution < 1.29 is 18.3 Å². The molecular weight excluding hydrogens is 216 g/mol. The van der Waals surface area contributed by atoms with Gasteiger partial charge in [0.05, 0.1) is 6.61 Å². The van der Waals surface area contributed by atoms with Crippen LogP contribution in [0.25, 0.3) is 6.08 Å². The van der Waals surface area contributed by atoms with Crippen molar-refractivity contribution in [1.82, 2.24) is 0 Å². The van der Waals surface area contributed by atoms with Crippen LogP contribution in [-0.4, -0.2) is 12.6 Å². The summed E-state index contributed by atoms with van der Waals surface area (Å²) in [6, 6.07) is 1.96. The van der Waals surface area contributed by atoms with Crippen molar-refractivity contribution in [1.29, 1.82) is 0 Å². The van der Waals surface area contributed by atoms with Crippen LogP contribution < -0.4 is 5.73 Å². The molecule has 1 aromatic rings. The number of benzene rings is 1. The summed E-state index contributed by atoms with van der Waals surface area (Å²) in [6.07, 6.45) is 1.98. The number of nitrogens with two attached hydrogens (primary N) is 1. The van der Waals surface area contributed by atoms with Gasteiger partial charge in [0, 0.05) is 17.3 Å². The standard InChI is InChI=1S/C11H11F2NO2/c1-2-16-11(15)4-3-8-9(12)5-7(14)6-10(8)13/h3-6H,2,14H2,1H3/b4-3+. The number of halogens is 2. The Balaban J connectivity index is 2.93. The zero-order chi connectivity index (χ0) is 12.1. The van der Waals surface area contributed by atoms with E-state index in [4.69, 9.17) is 5.73 Å². The van der Waals surface area contributed by atoms with Crippen LogP contribution >= 0.6 is 0 Å². The van der Waals surface area contributed by atoms with Crippen LogP contribution in [0.2, 0.25) is 0 Å². The number of hydrogen-bond acceptors (Lipinski definition) is 3. The average molecular weight is 227 g/mol. The molecule has 1 aromatic carbocycles. The van der Waals surface area contributed by atoms with Gasteiger partial charge in [-0.3, -0.25) is 0 Å². The van der Waals surface area contributed by atoms with E-state index >= 15 is 0 Å². The third-order valence-corrected chi connectivity index (χ3v) is 1.77. The van der Waals surface area contributed by atoms with Gasteiger partial charge in [-0.1, -0.05) is 0 Å². The van der Waals surface area contributed by atoms with Crippen molar-refractivity contribution >= 4 is 17.7 Å². The highest BCUT2D eigenvalue weighted by molar-refractivity contribution is 5.87. The summed E-state index contributed by atoms with van der Waals surface area (Å²) in [7, 11) is 0. The Bertz CT molecular complexity index is 407. The fraction of sp³-hybridized carbons (Fsp3) is 0.182. The first-order valence-electron chi connectivity index (χ1n) is 4.64. The van der Waals surface area contributed by atoms with E-state index in [0.29, 0.717) is 0 Å². The third kappa shape index (κ3) is 3.05. The maximum absolute atomic E-state index is 13.2. The Morgan fingerprint density at radius 2 is 2.00 bits per heavy atom. The lowest BCUT2D eigenvalue weighted by molar-refractivity contribution is -0.137. The monoisotopic (exact) mass is 227 g/mol. The first-order valence-corrected chi connectivity index (χ1v) is 4.64. The van der Waals surface area contributed by atoms with E-state index in [1.807, 2.05) is 0 Å². The molecule has 0 saturated carbocycles. The Kier molecular flexibility index (Phi) is 3.99. The fourth-order valence-corrected chi connectivity index (χ4v) is 1.10. The zero-order valence-electron chi connectivity index (χ0n) is 8.67. The van der Waals surface area contributed by atoms with Gasteiger partial charge < -0.3 is 10.5 Å². The first-order chi connectivity index (χ1) is 7.54. The molecule has 0 unspecified atom stereocenters. The van der Waals surface area contributed by atoms with Gasteiger partial charge in [-0.2, -0.15) is 0 Å². The molecule has 0 aromatic heterocycles. The molecule has 0 aliphatic rings. The third-order valence-electron chi connectivity index (χ3n) is 1.77. The van der Waals surface area contributed by atoms with Crippen molar-refractivity contribution in [3.8, 4) is 0 Å². The molecule has 0 radical (unpaired) electrons. The molecule has 0 saturated heterocycles. The Morgan fingerprint density at radius 3 is 2.50 bits per heavy atom. The predicted octanol–water partition coefficient (Wildman–Crippen LogP) is 2.12. The minimum absolute atomic E-state index is 0.0108. The molecule has 3 nitrogen and oxygen atoms in total. The van der Waals surface area contributed by atoms with Crippen LogP contribution in [0.1, 0.15) is 12.5 Å². The molecule has 86 valence electrons. The quantitative estimate of drug-likeness (QED) is 0.489. The maximum Gasteiger partial charge on any atom is 0.330 e. The van der Waals surface area contributed by atoms with Crippen LogP contribution in [0.3, 0.4) is 0 Å². The van der Waals surface area contributed by atoms with Gasteiger partial charge in [-0.15, -0.1) is 0 Å². The van der Waals surface area contributed by atoms with Crippen molar-refractivity contribution in [2.24, 2.45) is 0 Å². The predicted molar refractivity (Wildman–Crippen MR) is 56.4 cm³/mol. The highest BCUT2D eigenvalue weighted by Crippen LogP contribution is 2.18. The van der Waals surface area contributed by atoms with Gasteiger partial charge in [0.25, 0.3) is 0 Å². The largest absolute Gasteiger partial charge is 0.463 e. The molecular formula is C11H11F2NO2. The average Bonchev–Trinajstić information content (AvgIpc) is 2.16. The molecule has 0 aliphatic heterocycles. The second kappa shape index (κ2) is 5.25. The molecule has 16 heavy (non-hydrogen) atoms. The van der Waals surface area contributed by atoms with E-state index in [2.05, 4.69) is 4.74 Å². The number of anilines is 1. The molecule has 0 amide bonds. The summed E-state index contributed by atoms with van der Waals surface area (Å²) in [6.45, 7) is 1.84. The van der Waals surface area contributed by atoms with Crippen LogP contribution in [0, 0.1) is 11.6 Å². The normalized spacial score (nSPS) is 10.7. The van der Waals surface area contributed by atoms with Crippen LogP contribution in [-0.2, 0) is 9.53 Å². The Morgan fingerprint density at radius 1 is 1.44 bits per heavy atom. The summed E-state index contributed by atoms with van der Waals surface area (Å²) >= 11 is 0. The second-order valence-electron chi connectivity index (χ2n) is 2.98. The molecule has 0 fully saturated rings. The minimum Gasteiger partial charge on any atom is -0.463 e. The number of nitrogen functional groups attached to an aromatic ring is 1. The lowest BCUT2D eigenvalue weighted by Crippen LogP contribution is -1.99. The van der Waals surface area contributed by atoms with Crippen molar-refractivity contribution in [3.63, 3.8) is 0 Å². The molecule has 0 heterocycles. The summed E-state index contributed by atoms with van der Waals surface area (Å²) in [4.78, 5) is 10.9. The maximum atomic E-state index is 13.2. The van der Waals surface area contributed by atoms with Gasteiger partial charge in [-0.05, 0) is 25.1 Å². The summed E-state index contributed by atoms with van der Waals surface area (Å²) < 4.78 is 31.0. The number of rotatable bonds is 3. The van der Waals surface area contributed by atoms with Crippen LogP contribution in [0.15, 0.2) is 18.2 Å². The Hall–Kier alpha value is -1.91. The lowest BCUT2D eigenvalue weighted by Gasteiger charge is -2.01. The molecule has 0 aliphatic carbocycles. The number of hydrogen-bond donors (Lipinski definition) is 1. The van der Waals surface area contributed by atoms with Gasteiger partial charge in [0.15, 0.2) is 0 Å².